The molecule has 0 bridgehead atoms. The lowest BCUT2D eigenvalue weighted by Gasteiger charge is -2.16. The van der Waals surface area contributed by atoms with Gasteiger partial charge in [-0.05, 0) is 0 Å². The van der Waals surface area contributed by atoms with Crippen LogP contribution in [-0.2, 0) is 14.0 Å². The molecule has 11 nitrogen and oxygen atoms in total. The summed E-state index contributed by atoms with van der Waals surface area (Å²) in [6.07, 6.45) is -6.66. The number of halogens is 1. The number of aliphatic hydroxyl groups excluding tert-OH is 1. The molecule has 132 valence electrons. The van der Waals surface area contributed by atoms with Crippen LogP contribution in [0, 0.1) is 0 Å². The normalized spacial score (nSPS) is 27.8. The molecule has 0 aliphatic carbocycles. The van der Waals surface area contributed by atoms with Crippen molar-refractivity contribution in [1.82, 2.24) is 14.5 Å². The Bertz CT molecular complexity index is 864. The number of aliphatic hydroxyl groups is 1. The van der Waals surface area contributed by atoms with Gasteiger partial charge in [-0.2, -0.15) is 0 Å². The molecule has 13 heteroatoms. The van der Waals surface area contributed by atoms with Crippen LogP contribution in [0.25, 0.3) is 11.0 Å². The lowest BCUT2D eigenvalue weighted by molar-refractivity contribution is -0.157. The van der Waals surface area contributed by atoms with Gasteiger partial charge in [-0.25, -0.2) is 9.37 Å². The van der Waals surface area contributed by atoms with Crippen molar-refractivity contribution in [3.63, 3.8) is 0 Å². The minimum Gasteiger partial charge on any atom is -0.385 e. The first kappa shape index (κ1) is 17.0. The van der Waals surface area contributed by atoms with E-state index >= 15 is 0 Å². The van der Waals surface area contributed by atoms with Gasteiger partial charge in [0.25, 0.3) is 5.56 Å². The summed E-state index contributed by atoms with van der Waals surface area (Å²) in [5.74, 6) is 0.0350. The minimum atomic E-state index is -4.53. The quantitative estimate of drug-likeness (QED) is 0.427. The van der Waals surface area contributed by atoms with E-state index in [0.717, 1.165) is 6.33 Å². The van der Waals surface area contributed by atoms with Crippen molar-refractivity contribution in [2.75, 3.05) is 12.1 Å². The lowest BCUT2D eigenvalue weighted by Crippen LogP contribution is -2.29. The van der Waals surface area contributed by atoms with Crippen molar-refractivity contribution in [2.24, 2.45) is 0 Å². The fourth-order valence-corrected chi connectivity index (χ4v) is 2.75. The number of pyridine rings is 1. The third-order valence-electron chi connectivity index (χ3n) is 3.43. The predicted molar refractivity (Wildman–Crippen MR) is 77.6 cm³/mol. The van der Waals surface area contributed by atoms with Crippen LogP contribution < -0.4 is 11.3 Å². The fourth-order valence-electron chi connectivity index (χ4n) is 2.41. The molecule has 0 radical (unpaired) electrons. The summed E-state index contributed by atoms with van der Waals surface area (Å²) in [6.45, 7) is 0. The number of nitrogens with one attached hydrogen (secondary N) is 1. The highest BCUT2D eigenvalue weighted by Crippen LogP contribution is 2.38. The van der Waals surface area contributed by atoms with E-state index in [1.807, 2.05) is 0 Å². The molecule has 0 spiro atoms. The molecule has 1 aliphatic rings. The molecular formula is C11H14FN4O7P. The van der Waals surface area contributed by atoms with Gasteiger partial charge in [0.05, 0.1) is 11.8 Å². The van der Waals surface area contributed by atoms with Crippen molar-refractivity contribution in [3.8, 4) is 0 Å². The number of nitrogens with two attached hydrogens (primary N) is 1. The van der Waals surface area contributed by atoms with E-state index in [-0.39, 0.29) is 16.9 Å². The molecule has 0 amide bonds. The highest BCUT2D eigenvalue weighted by molar-refractivity contribution is 7.51. The van der Waals surface area contributed by atoms with Gasteiger partial charge in [0.2, 0.25) is 0 Å². The Balaban J connectivity index is 1.90. The number of aromatic amines is 1. The zero-order valence-electron chi connectivity index (χ0n) is 11.9. The maximum Gasteiger partial charge on any atom is 0.351 e. The van der Waals surface area contributed by atoms with Gasteiger partial charge in [0.1, 0.15) is 11.9 Å². The summed E-state index contributed by atoms with van der Waals surface area (Å²) >= 11 is 0. The van der Waals surface area contributed by atoms with E-state index in [1.54, 1.807) is 0 Å². The molecule has 24 heavy (non-hydrogen) atoms. The van der Waals surface area contributed by atoms with E-state index in [9.17, 15) is 18.9 Å². The Morgan fingerprint density at radius 1 is 1.54 bits per heavy atom. The van der Waals surface area contributed by atoms with E-state index in [2.05, 4.69) is 9.97 Å². The number of imidazole rings is 1. The van der Waals surface area contributed by atoms with Gasteiger partial charge in [-0.3, -0.25) is 9.36 Å². The summed E-state index contributed by atoms with van der Waals surface area (Å²) in [4.78, 5) is 35.5. The van der Waals surface area contributed by atoms with Crippen molar-refractivity contribution < 1.29 is 33.3 Å². The minimum absolute atomic E-state index is 0.00925. The first-order valence-corrected chi connectivity index (χ1v) is 8.46. The predicted octanol–water partition coefficient (Wildman–Crippen LogP) is -0.988. The number of ether oxygens (including phenoxy) is 2. The van der Waals surface area contributed by atoms with Gasteiger partial charge < -0.3 is 39.7 Å². The summed E-state index contributed by atoms with van der Waals surface area (Å²) in [5, 5.41) is 9.99. The second kappa shape index (κ2) is 5.92. The number of aromatic nitrogens is 3. The molecule has 2 aromatic heterocycles. The zero-order valence-corrected chi connectivity index (χ0v) is 12.8. The Morgan fingerprint density at radius 3 is 2.92 bits per heavy atom. The van der Waals surface area contributed by atoms with Gasteiger partial charge in [-0.1, -0.05) is 0 Å². The number of fused-ring (bicyclic) bond motifs is 1. The number of H-pyrrole nitrogens is 1. The fraction of sp³-hybridized carbons (Fsp3) is 0.455. The molecule has 1 aliphatic heterocycles. The number of rotatable bonds is 4. The van der Waals surface area contributed by atoms with Crippen LogP contribution >= 0.6 is 7.60 Å². The van der Waals surface area contributed by atoms with E-state index < -0.39 is 44.3 Å². The van der Waals surface area contributed by atoms with E-state index in [4.69, 9.17) is 25.0 Å². The second-order valence-electron chi connectivity index (χ2n) is 5.23. The van der Waals surface area contributed by atoms with Crippen LogP contribution in [-0.4, -0.2) is 54.3 Å². The maximum atomic E-state index is 14.1. The van der Waals surface area contributed by atoms with Crippen LogP contribution in [0.1, 0.15) is 6.23 Å². The van der Waals surface area contributed by atoms with E-state index in [1.165, 1.54) is 10.6 Å². The Kier molecular flexibility index (Phi) is 4.20. The molecular weight excluding hydrogens is 350 g/mol. The number of nitrogens with zero attached hydrogens (tertiary/aromatic N) is 2. The third-order valence-corrected chi connectivity index (χ3v) is 3.92. The molecule has 2 aromatic rings. The molecule has 3 rings (SSSR count). The van der Waals surface area contributed by atoms with Crippen molar-refractivity contribution in [2.45, 2.75) is 24.8 Å². The number of hydrogen-bond acceptors (Lipinski definition) is 7. The SMILES string of the molecule is Nc1cc2c(ncn2[C@@H]2O[C@H](OCP(=O)(O)O)C(F)[C@@H]2O)c(=O)[nH]1. The van der Waals surface area contributed by atoms with Crippen LogP contribution in [0.2, 0.25) is 0 Å². The lowest BCUT2D eigenvalue weighted by atomic mass is 10.2. The molecule has 4 atom stereocenters. The van der Waals surface area contributed by atoms with E-state index in [0.29, 0.717) is 0 Å². The topological polar surface area (TPSA) is 173 Å². The molecule has 1 unspecified atom stereocenters. The Hall–Kier alpha value is -1.82. The molecule has 1 saturated heterocycles. The van der Waals surface area contributed by atoms with Gasteiger partial charge in [0, 0.05) is 6.07 Å². The molecule has 1 fully saturated rings. The second-order valence-corrected chi connectivity index (χ2v) is 6.82. The van der Waals surface area contributed by atoms with Crippen LogP contribution in [0.3, 0.4) is 0 Å². The smallest absolute Gasteiger partial charge is 0.351 e. The average Bonchev–Trinajstić information content (AvgIpc) is 3.00. The molecule has 6 N–H and O–H groups in total. The van der Waals surface area contributed by atoms with Gasteiger partial charge in [-0.15, -0.1) is 0 Å². The number of anilines is 1. The Morgan fingerprint density at radius 2 is 2.25 bits per heavy atom. The van der Waals surface area contributed by atoms with Crippen molar-refractivity contribution in [1.29, 1.82) is 0 Å². The molecule has 0 aromatic carbocycles. The largest absolute Gasteiger partial charge is 0.385 e. The van der Waals surface area contributed by atoms with Gasteiger partial charge >= 0.3 is 7.60 Å². The highest BCUT2D eigenvalue weighted by atomic mass is 31.2. The summed E-state index contributed by atoms with van der Waals surface area (Å²) < 4.78 is 36.0. The average molecular weight is 364 g/mol. The zero-order chi connectivity index (χ0) is 17.6. The highest BCUT2D eigenvalue weighted by Gasteiger charge is 2.47. The molecule has 0 saturated carbocycles. The van der Waals surface area contributed by atoms with Crippen molar-refractivity contribution >= 4 is 24.4 Å². The van der Waals surface area contributed by atoms with Crippen molar-refractivity contribution in [3.05, 3.63) is 22.7 Å². The van der Waals surface area contributed by atoms with Crippen LogP contribution in [0.5, 0.6) is 0 Å². The summed E-state index contributed by atoms with van der Waals surface area (Å²) in [6, 6.07) is 1.36. The first-order valence-electron chi connectivity index (χ1n) is 6.66. The number of hydrogen-bond donors (Lipinski definition) is 5. The third kappa shape index (κ3) is 3.07. The van der Waals surface area contributed by atoms with Gasteiger partial charge in [0.15, 0.2) is 30.6 Å². The summed E-state index contributed by atoms with van der Waals surface area (Å²) in [5.41, 5.74) is 5.19. The van der Waals surface area contributed by atoms with Crippen LogP contribution in [0.15, 0.2) is 17.2 Å². The Labute approximate surface area is 133 Å². The number of alkyl halides is 1. The van der Waals surface area contributed by atoms with Crippen LogP contribution in [0.4, 0.5) is 10.2 Å². The summed E-state index contributed by atoms with van der Waals surface area (Å²) in [7, 11) is -4.53. The monoisotopic (exact) mass is 364 g/mol. The standard InChI is InChI=1S/C11H14FN4O7P/c12-6-8(17)10(23-11(6)22-3-24(19,20)21)16-2-14-7-4(16)1-5(13)15-9(7)18/h1-2,6,8,10-11,17H,3H2,(H3,13,15,18)(H2,19,20,21)/t6?,8-,10+,11-/m0/s1. The maximum absolute atomic E-state index is 14.1. The number of nitrogen functional groups attached to an aromatic ring is 1. The molecule has 3 heterocycles. The first-order chi connectivity index (χ1) is 11.2.